The molecular weight excluding hydrogens is 202 g/mol. The molecule has 3 nitrogen and oxygen atoms in total. The van der Waals surface area contributed by atoms with Crippen LogP contribution in [0.1, 0.15) is 44.9 Å². The van der Waals surface area contributed by atoms with E-state index in [4.69, 9.17) is 0 Å². The first-order valence-electron chi connectivity index (χ1n) is 6.38. The molecule has 1 atom stereocenters. The minimum Gasteiger partial charge on any atom is -0.391 e. The van der Waals surface area contributed by atoms with E-state index < -0.39 is 0 Å². The predicted octanol–water partition coefficient (Wildman–Crippen LogP) is 1.76. The molecule has 2 aliphatic rings. The Hall–Kier alpha value is -0.830. The van der Waals surface area contributed by atoms with E-state index in [1.807, 2.05) is 0 Å². The molecule has 0 spiro atoms. The highest BCUT2D eigenvalue weighted by atomic mass is 16.3. The Morgan fingerprint density at radius 1 is 1.50 bits per heavy atom. The Morgan fingerprint density at radius 3 is 2.94 bits per heavy atom. The molecule has 0 aromatic heterocycles. The molecule has 1 unspecified atom stereocenters. The first-order chi connectivity index (χ1) is 7.75. The average molecular weight is 223 g/mol. The number of carbonyl (C=O) groups excluding carboxylic acids is 1. The fraction of sp³-hybridized carbons (Fsp3) is 0.769. The molecule has 0 heterocycles. The number of hydrogen-bond donors (Lipinski definition) is 2. The van der Waals surface area contributed by atoms with Crippen molar-refractivity contribution in [3.05, 3.63) is 11.6 Å². The summed E-state index contributed by atoms with van der Waals surface area (Å²) in [6, 6.07) is 0. The monoisotopic (exact) mass is 223 g/mol. The molecule has 2 N–H and O–H groups in total. The summed E-state index contributed by atoms with van der Waals surface area (Å²) in [6.07, 6.45) is 9.27. The SMILES string of the molecule is O=C(CC1=CCCCC1)NCC(O)C1CC1. The summed E-state index contributed by atoms with van der Waals surface area (Å²) < 4.78 is 0. The Bertz CT molecular complexity index is 282. The van der Waals surface area contributed by atoms with Gasteiger partial charge in [-0.3, -0.25) is 4.79 Å². The van der Waals surface area contributed by atoms with Gasteiger partial charge in [0.05, 0.1) is 6.10 Å². The van der Waals surface area contributed by atoms with E-state index in [0.717, 1.165) is 25.7 Å². The van der Waals surface area contributed by atoms with Crippen molar-refractivity contribution < 1.29 is 9.90 Å². The zero-order valence-corrected chi connectivity index (χ0v) is 9.74. The predicted molar refractivity (Wildman–Crippen MR) is 62.9 cm³/mol. The molecule has 16 heavy (non-hydrogen) atoms. The van der Waals surface area contributed by atoms with Gasteiger partial charge in [0, 0.05) is 13.0 Å². The molecule has 90 valence electrons. The van der Waals surface area contributed by atoms with Crippen molar-refractivity contribution in [1.82, 2.24) is 5.32 Å². The van der Waals surface area contributed by atoms with Crippen LogP contribution in [0.2, 0.25) is 0 Å². The zero-order chi connectivity index (χ0) is 11.4. The lowest BCUT2D eigenvalue weighted by Gasteiger charge is -2.14. The van der Waals surface area contributed by atoms with E-state index in [1.165, 1.54) is 18.4 Å². The second-order valence-electron chi connectivity index (χ2n) is 4.99. The molecule has 0 saturated heterocycles. The third kappa shape index (κ3) is 3.63. The summed E-state index contributed by atoms with van der Waals surface area (Å²) in [7, 11) is 0. The molecule has 0 bridgehead atoms. The molecule has 1 saturated carbocycles. The molecule has 0 aromatic carbocycles. The van der Waals surface area contributed by atoms with Gasteiger partial charge in [-0.2, -0.15) is 0 Å². The van der Waals surface area contributed by atoms with Crippen molar-refractivity contribution in [2.24, 2.45) is 5.92 Å². The van der Waals surface area contributed by atoms with E-state index in [1.54, 1.807) is 0 Å². The molecule has 2 aliphatic carbocycles. The van der Waals surface area contributed by atoms with E-state index in [2.05, 4.69) is 11.4 Å². The maximum Gasteiger partial charge on any atom is 0.224 e. The number of amides is 1. The summed E-state index contributed by atoms with van der Waals surface area (Å²) in [4.78, 5) is 11.6. The number of aliphatic hydroxyl groups excluding tert-OH is 1. The minimum atomic E-state index is -0.329. The van der Waals surface area contributed by atoms with Crippen molar-refractivity contribution in [2.45, 2.75) is 51.0 Å². The van der Waals surface area contributed by atoms with E-state index >= 15 is 0 Å². The molecule has 1 fully saturated rings. The van der Waals surface area contributed by atoms with Crippen LogP contribution in [0, 0.1) is 5.92 Å². The van der Waals surface area contributed by atoms with Crippen LogP contribution in [0.25, 0.3) is 0 Å². The van der Waals surface area contributed by atoms with Crippen molar-refractivity contribution in [3.63, 3.8) is 0 Å². The topological polar surface area (TPSA) is 49.3 Å². The fourth-order valence-corrected chi connectivity index (χ4v) is 2.20. The fourth-order valence-electron chi connectivity index (χ4n) is 2.20. The highest BCUT2D eigenvalue weighted by Crippen LogP contribution is 2.32. The van der Waals surface area contributed by atoms with Crippen LogP contribution in [0.3, 0.4) is 0 Å². The number of allylic oxidation sites excluding steroid dienone is 1. The van der Waals surface area contributed by atoms with Gasteiger partial charge >= 0.3 is 0 Å². The molecule has 3 heteroatoms. The minimum absolute atomic E-state index is 0.0628. The first-order valence-corrected chi connectivity index (χ1v) is 6.38. The second kappa shape index (κ2) is 5.48. The van der Waals surface area contributed by atoms with Crippen molar-refractivity contribution >= 4 is 5.91 Å². The van der Waals surface area contributed by atoms with Gasteiger partial charge in [-0.25, -0.2) is 0 Å². The van der Waals surface area contributed by atoms with Crippen LogP contribution < -0.4 is 5.32 Å². The van der Waals surface area contributed by atoms with E-state index in [-0.39, 0.29) is 12.0 Å². The standard InChI is InChI=1S/C13H21NO2/c15-12(11-6-7-11)9-14-13(16)8-10-4-2-1-3-5-10/h4,11-12,15H,1-3,5-9H2,(H,14,16). The van der Waals surface area contributed by atoms with E-state index in [0.29, 0.717) is 18.9 Å². The molecule has 1 amide bonds. The van der Waals surface area contributed by atoms with Gasteiger partial charge in [0.15, 0.2) is 0 Å². The molecular formula is C13H21NO2. The number of nitrogens with one attached hydrogen (secondary N) is 1. The van der Waals surface area contributed by atoms with Gasteiger partial charge in [-0.1, -0.05) is 11.6 Å². The highest BCUT2D eigenvalue weighted by Gasteiger charge is 2.29. The van der Waals surface area contributed by atoms with Gasteiger partial charge in [0.2, 0.25) is 5.91 Å². The number of hydrogen-bond acceptors (Lipinski definition) is 2. The average Bonchev–Trinajstić information content (AvgIpc) is 3.11. The lowest BCUT2D eigenvalue weighted by Crippen LogP contribution is -2.33. The number of rotatable bonds is 5. The molecule has 2 rings (SSSR count). The van der Waals surface area contributed by atoms with Crippen molar-refractivity contribution in [2.75, 3.05) is 6.54 Å². The van der Waals surface area contributed by atoms with Crippen LogP contribution in [0.5, 0.6) is 0 Å². The summed E-state index contributed by atoms with van der Waals surface area (Å²) in [5.41, 5.74) is 1.27. The largest absolute Gasteiger partial charge is 0.391 e. The van der Waals surface area contributed by atoms with Crippen LogP contribution in [-0.4, -0.2) is 23.7 Å². The molecule has 0 radical (unpaired) electrons. The van der Waals surface area contributed by atoms with Gasteiger partial charge in [0.1, 0.15) is 0 Å². The number of aliphatic hydroxyl groups is 1. The van der Waals surface area contributed by atoms with Crippen molar-refractivity contribution in [3.8, 4) is 0 Å². The Kier molecular flexibility index (Phi) is 3.99. The van der Waals surface area contributed by atoms with Crippen LogP contribution in [-0.2, 0) is 4.79 Å². The maximum absolute atomic E-state index is 11.6. The third-order valence-electron chi connectivity index (χ3n) is 3.45. The van der Waals surface area contributed by atoms with Gasteiger partial charge in [-0.05, 0) is 44.4 Å². The smallest absolute Gasteiger partial charge is 0.224 e. The van der Waals surface area contributed by atoms with Crippen molar-refractivity contribution in [1.29, 1.82) is 0 Å². The van der Waals surface area contributed by atoms with Gasteiger partial charge < -0.3 is 10.4 Å². The van der Waals surface area contributed by atoms with E-state index in [9.17, 15) is 9.90 Å². The van der Waals surface area contributed by atoms with Crippen LogP contribution in [0.15, 0.2) is 11.6 Å². The lowest BCUT2D eigenvalue weighted by atomic mass is 9.97. The lowest BCUT2D eigenvalue weighted by molar-refractivity contribution is -0.121. The molecule has 0 aromatic rings. The highest BCUT2D eigenvalue weighted by molar-refractivity contribution is 5.78. The van der Waals surface area contributed by atoms with Gasteiger partial charge in [0.25, 0.3) is 0 Å². The Balaban J connectivity index is 1.65. The van der Waals surface area contributed by atoms with Crippen LogP contribution in [0.4, 0.5) is 0 Å². The second-order valence-corrected chi connectivity index (χ2v) is 4.99. The normalized spacial score (nSPS) is 22.4. The maximum atomic E-state index is 11.6. The summed E-state index contributed by atoms with van der Waals surface area (Å²) in [5.74, 6) is 0.502. The summed E-state index contributed by atoms with van der Waals surface area (Å²) in [6.45, 7) is 0.427. The Morgan fingerprint density at radius 2 is 2.31 bits per heavy atom. The number of carbonyl (C=O) groups is 1. The molecule has 0 aliphatic heterocycles. The summed E-state index contributed by atoms with van der Waals surface area (Å²) in [5, 5.41) is 12.4. The van der Waals surface area contributed by atoms with Crippen LogP contribution >= 0.6 is 0 Å². The third-order valence-corrected chi connectivity index (χ3v) is 3.45. The Labute approximate surface area is 96.9 Å². The zero-order valence-electron chi connectivity index (χ0n) is 9.74. The summed E-state index contributed by atoms with van der Waals surface area (Å²) >= 11 is 0. The first kappa shape index (κ1) is 11.6. The quantitative estimate of drug-likeness (QED) is 0.698. The van der Waals surface area contributed by atoms with Gasteiger partial charge in [-0.15, -0.1) is 0 Å².